The summed E-state index contributed by atoms with van der Waals surface area (Å²) >= 11 is 12.0. The SMILES string of the molecule is O=C(CCc1ccc(Cl)c(Cl)c1)N1C2CCC1CC(Oc1cccnc1)C2. The zero-order valence-corrected chi connectivity index (χ0v) is 16.5. The minimum absolute atomic E-state index is 0.158. The normalized spacial score (nSPS) is 24.1. The van der Waals surface area contributed by atoms with Gasteiger partial charge in [-0.3, -0.25) is 9.78 Å². The van der Waals surface area contributed by atoms with Crippen molar-refractivity contribution in [2.24, 2.45) is 0 Å². The summed E-state index contributed by atoms with van der Waals surface area (Å²) in [6, 6.07) is 9.95. The minimum atomic E-state index is 0.158. The number of piperidine rings is 1. The Morgan fingerprint density at radius 3 is 2.59 bits per heavy atom. The first kappa shape index (κ1) is 18.6. The molecule has 2 aliphatic rings. The Morgan fingerprint density at radius 1 is 1.15 bits per heavy atom. The van der Waals surface area contributed by atoms with Crippen LogP contribution in [-0.4, -0.2) is 34.0 Å². The molecule has 4 rings (SSSR count). The number of pyridine rings is 1. The molecule has 142 valence electrons. The molecule has 2 fully saturated rings. The number of hydrogen-bond acceptors (Lipinski definition) is 3. The van der Waals surface area contributed by atoms with Crippen LogP contribution in [0.5, 0.6) is 5.75 Å². The van der Waals surface area contributed by atoms with Crippen LogP contribution in [0.4, 0.5) is 0 Å². The summed E-state index contributed by atoms with van der Waals surface area (Å²) in [6.07, 6.45) is 8.74. The van der Waals surface area contributed by atoms with Gasteiger partial charge in [0.15, 0.2) is 0 Å². The van der Waals surface area contributed by atoms with Crippen molar-refractivity contribution in [2.45, 2.75) is 56.7 Å². The fourth-order valence-electron chi connectivity index (χ4n) is 4.32. The van der Waals surface area contributed by atoms with E-state index in [1.54, 1.807) is 18.5 Å². The van der Waals surface area contributed by atoms with E-state index in [0.717, 1.165) is 37.0 Å². The maximum Gasteiger partial charge on any atom is 0.223 e. The first-order chi connectivity index (χ1) is 13.1. The van der Waals surface area contributed by atoms with Crippen molar-refractivity contribution in [3.8, 4) is 5.75 Å². The number of benzene rings is 1. The van der Waals surface area contributed by atoms with E-state index in [-0.39, 0.29) is 24.1 Å². The van der Waals surface area contributed by atoms with Gasteiger partial charge in [-0.1, -0.05) is 29.3 Å². The van der Waals surface area contributed by atoms with E-state index in [4.69, 9.17) is 27.9 Å². The molecular formula is C21H22Cl2N2O2. The zero-order chi connectivity index (χ0) is 18.8. The lowest BCUT2D eigenvalue weighted by Crippen LogP contribution is -2.49. The Kier molecular flexibility index (Phi) is 5.55. The Labute approximate surface area is 169 Å². The molecule has 2 aliphatic heterocycles. The van der Waals surface area contributed by atoms with Gasteiger partial charge in [-0.25, -0.2) is 0 Å². The maximum atomic E-state index is 12.9. The molecule has 2 bridgehead atoms. The largest absolute Gasteiger partial charge is 0.489 e. The van der Waals surface area contributed by atoms with Gasteiger partial charge in [-0.05, 0) is 49.1 Å². The van der Waals surface area contributed by atoms with Gasteiger partial charge in [0.2, 0.25) is 5.91 Å². The van der Waals surface area contributed by atoms with Gasteiger partial charge < -0.3 is 9.64 Å². The van der Waals surface area contributed by atoms with Gasteiger partial charge in [-0.2, -0.15) is 0 Å². The third-order valence-corrected chi connectivity index (χ3v) is 6.27. The molecule has 1 amide bonds. The molecule has 2 saturated heterocycles. The molecule has 4 nitrogen and oxygen atoms in total. The molecule has 0 N–H and O–H groups in total. The van der Waals surface area contributed by atoms with Gasteiger partial charge in [0, 0.05) is 37.5 Å². The highest BCUT2D eigenvalue weighted by molar-refractivity contribution is 6.42. The lowest BCUT2D eigenvalue weighted by molar-refractivity contribution is -0.137. The third kappa shape index (κ3) is 4.22. The quantitative estimate of drug-likeness (QED) is 0.709. The summed E-state index contributed by atoms with van der Waals surface area (Å²) < 4.78 is 6.09. The van der Waals surface area contributed by atoms with E-state index in [1.807, 2.05) is 24.3 Å². The second-order valence-corrected chi connectivity index (χ2v) is 8.15. The van der Waals surface area contributed by atoms with Crippen LogP contribution in [0, 0.1) is 0 Å². The number of carbonyl (C=O) groups excluding carboxylic acids is 1. The monoisotopic (exact) mass is 404 g/mol. The van der Waals surface area contributed by atoms with Crippen molar-refractivity contribution in [3.63, 3.8) is 0 Å². The minimum Gasteiger partial charge on any atom is -0.489 e. The number of fused-ring (bicyclic) bond motifs is 2. The Morgan fingerprint density at radius 2 is 1.93 bits per heavy atom. The number of hydrogen-bond donors (Lipinski definition) is 0. The molecule has 2 unspecified atom stereocenters. The van der Waals surface area contributed by atoms with Gasteiger partial charge in [-0.15, -0.1) is 0 Å². The van der Waals surface area contributed by atoms with E-state index in [2.05, 4.69) is 9.88 Å². The van der Waals surface area contributed by atoms with E-state index in [0.29, 0.717) is 22.9 Å². The van der Waals surface area contributed by atoms with Crippen LogP contribution in [0.2, 0.25) is 10.0 Å². The average Bonchev–Trinajstić information content (AvgIpc) is 2.94. The molecule has 2 atom stereocenters. The van der Waals surface area contributed by atoms with E-state index in [9.17, 15) is 4.79 Å². The van der Waals surface area contributed by atoms with Crippen molar-refractivity contribution >= 4 is 29.1 Å². The number of aryl methyl sites for hydroxylation is 1. The fourth-order valence-corrected chi connectivity index (χ4v) is 4.64. The molecular weight excluding hydrogens is 383 g/mol. The van der Waals surface area contributed by atoms with E-state index in [1.165, 1.54) is 0 Å². The van der Waals surface area contributed by atoms with Crippen molar-refractivity contribution < 1.29 is 9.53 Å². The summed E-state index contributed by atoms with van der Waals surface area (Å²) in [5.41, 5.74) is 1.04. The Balaban J connectivity index is 1.34. The van der Waals surface area contributed by atoms with Gasteiger partial charge in [0.25, 0.3) is 0 Å². The number of ether oxygens (including phenoxy) is 1. The van der Waals surface area contributed by atoms with Crippen molar-refractivity contribution in [1.29, 1.82) is 0 Å². The van der Waals surface area contributed by atoms with Crippen molar-refractivity contribution in [3.05, 3.63) is 58.3 Å². The van der Waals surface area contributed by atoms with Crippen LogP contribution in [-0.2, 0) is 11.2 Å². The number of nitrogens with zero attached hydrogens (tertiary/aromatic N) is 2. The van der Waals surface area contributed by atoms with E-state index < -0.39 is 0 Å². The first-order valence-electron chi connectivity index (χ1n) is 9.42. The number of aromatic nitrogens is 1. The standard InChI is InChI=1S/C21H22Cl2N2O2/c22-19-7-3-14(10-20(19)23)4-8-21(26)25-15-5-6-16(25)12-18(11-15)27-17-2-1-9-24-13-17/h1-3,7,9-10,13,15-16,18H,4-6,8,11-12H2. The molecule has 1 aromatic carbocycles. The van der Waals surface area contributed by atoms with Crippen LogP contribution >= 0.6 is 23.2 Å². The molecule has 2 aromatic rings. The van der Waals surface area contributed by atoms with Crippen LogP contribution in [0.3, 0.4) is 0 Å². The number of halogens is 2. The Bertz CT molecular complexity index is 801. The summed E-state index contributed by atoms with van der Waals surface area (Å²) in [4.78, 5) is 19.1. The summed E-state index contributed by atoms with van der Waals surface area (Å²) in [5, 5.41) is 1.08. The Hall–Kier alpha value is -1.78. The molecule has 27 heavy (non-hydrogen) atoms. The molecule has 0 saturated carbocycles. The highest BCUT2D eigenvalue weighted by Gasteiger charge is 2.43. The molecule has 6 heteroatoms. The van der Waals surface area contributed by atoms with E-state index >= 15 is 0 Å². The summed E-state index contributed by atoms with van der Waals surface area (Å²) in [5.74, 6) is 1.04. The van der Waals surface area contributed by atoms with Crippen molar-refractivity contribution in [1.82, 2.24) is 9.88 Å². The highest BCUT2D eigenvalue weighted by Crippen LogP contribution is 2.37. The van der Waals surface area contributed by atoms with Crippen LogP contribution < -0.4 is 4.74 Å². The smallest absolute Gasteiger partial charge is 0.223 e. The second kappa shape index (κ2) is 8.07. The van der Waals surface area contributed by atoms with Crippen LogP contribution in [0.1, 0.15) is 37.7 Å². The predicted octanol–water partition coefficient (Wildman–Crippen LogP) is 4.92. The third-order valence-electron chi connectivity index (χ3n) is 5.53. The topological polar surface area (TPSA) is 42.4 Å². The summed E-state index contributed by atoms with van der Waals surface area (Å²) in [6.45, 7) is 0. The fraction of sp³-hybridized carbons (Fsp3) is 0.429. The van der Waals surface area contributed by atoms with Gasteiger partial charge >= 0.3 is 0 Å². The molecule has 0 radical (unpaired) electrons. The molecule has 1 aromatic heterocycles. The predicted molar refractivity (Wildman–Crippen MR) is 106 cm³/mol. The highest BCUT2D eigenvalue weighted by atomic mass is 35.5. The first-order valence-corrected chi connectivity index (χ1v) is 10.2. The zero-order valence-electron chi connectivity index (χ0n) is 15.0. The number of amides is 1. The lowest BCUT2D eigenvalue weighted by Gasteiger charge is -2.39. The number of rotatable bonds is 5. The molecule has 3 heterocycles. The molecule has 0 aliphatic carbocycles. The second-order valence-electron chi connectivity index (χ2n) is 7.33. The van der Waals surface area contributed by atoms with Gasteiger partial charge in [0.1, 0.15) is 11.9 Å². The average molecular weight is 405 g/mol. The number of carbonyl (C=O) groups is 1. The van der Waals surface area contributed by atoms with Crippen molar-refractivity contribution in [2.75, 3.05) is 0 Å². The molecule has 0 spiro atoms. The lowest BCUT2D eigenvalue weighted by atomic mass is 9.98. The summed E-state index contributed by atoms with van der Waals surface area (Å²) in [7, 11) is 0. The van der Waals surface area contributed by atoms with Crippen LogP contribution in [0.15, 0.2) is 42.7 Å². The van der Waals surface area contributed by atoms with Gasteiger partial charge in [0.05, 0.1) is 16.2 Å². The maximum absolute atomic E-state index is 12.9. The van der Waals surface area contributed by atoms with Crippen LogP contribution in [0.25, 0.3) is 0 Å².